The zero-order valence-corrected chi connectivity index (χ0v) is 12.5. The highest BCUT2D eigenvalue weighted by Crippen LogP contribution is 2.28. The van der Waals surface area contributed by atoms with E-state index in [1.54, 1.807) is 25.1 Å². The van der Waals surface area contributed by atoms with E-state index >= 15 is 0 Å². The van der Waals surface area contributed by atoms with Crippen molar-refractivity contribution < 1.29 is 28.2 Å². The highest BCUT2D eigenvalue weighted by molar-refractivity contribution is 5.92. The maximum absolute atomic E-state index is 11.8. The van der Waals surface area contributed by atoms with Gasteiger partial charge in [-0.25, -0.2) is 9.59 Å². The summed E-state index contributed by atoms with van der Waals surface area (Å²) in [6.07, 6.45) is 0. The molecule has 0 fully saturated rings. The predicted octanol–water partition coefficient (Wildman–Crippen LogP) is 3.34. The Morgan fingerprint density at radius 3 is 2.59 bits per heavy atom. The van der Waals surface area contributed by atoms with Gasteiger partial charge < -0.3 is 18.6 Å². The number of esters is 2. The normalized spacial score (nSPS) is 10.1. The molecule has 0 spiro atoms. The van der Waals surface area contributed by atoms with Gasteiger partial charge in [0.2, 0.25) is 5.76 Å². The number of aryl methyl sites for hydroxylation is 1. The molecule has 0 saturated heterocycles. The van der Waals surface area contributed by atoms with Crippen LogP contribution < -0.4 is 4.74 Å². The van der Waals surface area contributed by atoms with E-state index in [9.17, 15) is 9.59 Å². The summed E-state index contributed by atoms with van der Waals surface area (Å²) in [5, 5.41) is 0. The summed E-state index contributed by atoms with van der Waals surface area (Å²) in [5.74, 6) is -0.701. The summed E-state index contributed by atoms with van der Waals surface area (Å²) in [5.41, 5.74) is 1.16. The van der Waals surface area contributed by atoms with Gasteiger partial charge in [-0.2, -0.15) is 0 Å². The van der Waals surface area contributed by atoms with Gasteiger partial charge in [-0.3, -0.25) is 0 Å². The Bertz CT molecular complexity index is 686. The van der Waals surface area contributed by atoms with Crippen molar-refractivity contribution in [1.82, 2.24) is 0 Å². The lowest BCUT2D eigenvalue weighted by Crippen LogP contribution is -2.04. The largest absolute Gasteiger partial charge is 0.465 e. The van der Waals surface area contributed by atoms with Crippen LogP contribution in [-0.2, 0) is 9.47 Å². The third kappa shape index (κ3) is 3.46. The van der Waals surface area contributed by atoms with E-state index in [4.69, 9.17) is 18.6 Å². The first-order valence-electron chi connectivity index (χ1n) is 6.69. The maximum atomic E-state index is 11.8. The van der Waals surface area contributed by atoms with E-state index in [2.05, 4.69) is 0 Å². The summed E-state index contributed by atoms with van der Waals surface area (Å²) in [6, 6.07) is 7.99. The Morgan fingerprint density at radius 2 is 1.91 bits per heavy atom. The quantitative estimate of drug-likeness (QED) is 0.789. The van der Waals surface area contributed by atoms with Crippen LogP contribution in [0.4, 0.5) is 0 Å². The van der Waals surface area contributed by atoms with Gasteiger partial charge in [0, 0.05) is 6.07 Å². The van der Waals surface area contributed by atoms with Crippen molar-refractivity contribution >= 4 is 11.9 Å². The number of methoxy groups -OCH3 is 1. The lowest BCUT2D eigenvalue weighted by molar-refractivity contribution is 0.0483. The molecule has 1 aromatic carbocycles. The number of hydrogen-bond acceptors (Lipinski definition) is 6. The van der Waals surface area contributed by atoms with Crippen molar-refractivity contribution in [1.29, 1.82) is 0 Å². The van der Waals surface area contributed by atoms with Crippen molar-refractivity contribution in [3.63, 3.8) is 0 Å². The molecule has 0 amide bonds. The molecule has 6 heteroatoms. The first-order chi connectivity index (χ1) is 10.5. The fourth-order valence-electron chi connectivity index (χ4n) is 1.80. The molecular weight excluding hydrogens is 288 g/mol. The fourth-order valence-corrected chi connectivity index (χ4v) is 1.80. The van der Waals surface area contributed by atoms with E-state index in [1.165, 1.54) is 19.2 Å². The Kier molecular flexibility index (Phi) is 4.83. The number of carbonyl (C=O) groups is 2. The molecule has 2 rings (SSSR count). The average molecular weight is 304 g/mol. The Balaban J connectivity index is 2.24. The second kappa shape index (κ2) is 6.80. The minimum atomic E-state index is -0.575. The molecule has 0 N–H and O–H groups in total. The number of hydrogen-bond donors (Lipinski definition) is 0. The number of benzene rings is 1. The number of ether oxygens (including phenoxy) is 3. The Morgan fingerprint density at radius 1 is 1.14 bits per heavy atom. The molecule has 2 aromatic rings. The van der Waals surface area contributed by atoms with E-state index in [1.807, 2.05) is 6.92 Å². The maximum Gasteiger partial charge on any atom is 0.374 e. The first-order valence-corrected chi connectivity index (χ1v) is 6.69. The van der Waals surface area contributed by atoms with Gasteiger partial charge in [-0.05, 0) is 37.6 Å². The zero-order chi connectivity index (χ0) is 16.1. The monoisotopic (exact) mass is 304 g/mol. The summed E-state index contributed by atoms with van der Waals surface area (Å²) in [7, 11) is 1.29. The lowest BCUT2D eigenvalue weighted by atomic mass is 10.1. The van der Waals surface area contributed by atoms with Gasteiger partial charge in [0.15, 0.2) is 0 Å². The topological polar surface area (TPSA) is 75.0 Å². The van der Waals surface area contributed by atoms with Gasteiger partial charge in [0.25, 0.3) is 5.95 Å². The molecule has 0 aliphatic rings. The van der Waals surface area contributed by atoms with Crippen molar-refractivity contribution in [3.05, 3.63) is 47.2 Å². The molecule has 0 atom stereocenters. The van der Waals surface area contributed by atoms with Gasteiger partial charge >= 0.3 is 11.9 Å². The Hall–Kier alpha value is -2.76. The molecule has 6 nitrogen and oxygen atoms in total. The minimum Gasteiger partial charge on any atom is -0.465 e. The molecule has 1 aromatic heterocycles. The van der Waals surface area contributed by atoms with Crippen molar-refractivity contribution in [3.8, 4) is 11.7 Å². The van der Waals surface area contributed by atoms with Gasteiger partial charge in [0.05, 0.1) is 13.7 Å². The summed E-state index contributed by atoms with van der Waals surface area (Å²) >= 11 is 0. The molecule has 0 aliphatic carbocycles. The van der Waals surface area contributed by atoms with Crippen LogP contribution in [0, 0.1) is 6.92 Å². The lowest BCUT2D eigenvalue weighted by Gasteiger charge is -2.08. The van der Waals surface area contributed by atoms with E-state index in [-0.39, 0.29) is 29.6 Å². The van der Waals surface area contributed by atoms with Gasteiger partial charge in [-0.15, -0.1) is 0 Å². The van der Waals surface area contributed by atoms with Crippen LogP contribution in [0.25, 0.3) is 0 Å². The van der Waals surface area contributed by atoms with E-state index < -0.39 is 11.9 Å². The summed E-state index contributed by atoms with van der Waals surface area (Å²) in [4.78, 5) is 23.3. The zero-order valence-electron chi connectivity index (χ0n) is 12.5. The minimum absolute atomic E-state index is 0.0311. The first kappa shape index (κ1) is 15.6. The predicted molar refractivity (Wildman–Crippen MR) is 77.3 cm³/mol. The molecule has 1 heterocycles. The molecule has 0 aliphatic heterocycles. The van der Waals surface area contributed by atoms with Crippen molar-refractivity contribution in [2.45, 2.75) is 13.8 Å². The van der Waals surface area contributed by atoms with Crippen LogP contribution >= 0.6 is 0 Å². The van der Waals surface area contributed by atoms with Crippen LogP contribution in [0.1, 0.15) is 33.4 Å². The molecule has 22 heavy (non-hydrogen) atoms. The highest BCUT2D eigenvalue weighted by atomic mass is 16.6. The second-order valence-corrected chi connectivity index (χ2v) is 4.43. The highest BCUT2D eigenvalue weighted by Gasteiger charge is 2.17. The number of furan rings is 1. The third-order valence-electron chi connectivity index (χ3n) is 2.81. The van der Waals surface area contributed by atoms with Crippen LogP contribution in [0.15, 0.2) is 34.7 Å². The van der Waals surface area contributed by atoms with Crippen LogP contribution in [0.5, 0.6) is 11.7 Å². The summed E-state index contributed by atoms with van der Waals surface area (Å²) in [6.45, 7) is 3.80. The molecule has 0 saturated carbocycles. The fraction of sp³-hybridized carbons (Fsp3) is 0.250. The smallest absolute Gasteiger partial charge is 0.374 e. The van der Waals surface area contributed by atoms with Crippen LogP contribution in [0.2, 0.25) is 0 Å². The molecular formula is C16H16O6. The molecule has 0 bridgehead atoms. The molecule has 116 valence electrons. The number of rotatable bonds is 5. The summed E-state index contributed by atoms with van der Waals surface area (Å²) < 4.78 is 20.3. The van der Waals surface area contributed by atoms with E-state index in [0.717, 1.165) is 5.56 Å². The molecule has 0 radical (unpaired) electrons. The second-order valence-electron chi connectivity index (χ2n) is 4.43. The SMILES string of the molecule is CCOC(=O)c1ccc(Oc2ccc(C)cc2C(=O)OC)o1. The van der Waals surface area contributed by atoms with E-state index in [0.29, 0.717) is 0 Å². The van der Waals surface area contributed by atoms with Crippen molar-refractivity contribution in [2.75, 3.05) is 13.7 Å². The van der Waals surface area contributed by atoms with Crippen LogP contribution in [0.3, 0.4) is 0 Å². The van der Waals surface area contributed by atoms with Crippen molar-refractivity contribution in [2.24, 2.45) is 0 Å². The molecule has 0 unspecified atom stereocenters. The van der Waals surface area contributed by atoms with Gasteiger partial charge in [0.1, 0.15) is 11.3 Å². The van der Waals surface area contributed by atoms with Crippen LogP contribution in [-0.4, -0.2) is 25.7 Å². The third-order valence-corrected chi connectivity index (χ3v) is 2.81. The average Bonchev–Trinajstić information content (AvgIpc) is 2.97. The Labute approximate surface area is 127 Å². The number of carbonyl (C=O) groups excluding carboxylic acids is 2. The van der Waals surface area contributed by atoms with Gasteiger partial charge in [-0.1, -0.05) is 6.07 Å². The standard InChI is InChI=1S/C16H16O6/c1-4-20-16(18)13-7-8-14(22-13)21-12-6-5-10(2)9-11(12)15(17)19-3/h5-9H,4H2,1-3H3.